The third kappa shape index (κ3) is 4.37. The van der Waals surface area contributed by atoms with E-state index in [0.29, 0.717) is 10.8 Å². The molecule has 2 aromatic carbocycles. The van der Waals surface area contributed by atoms with Crippen LogP contribution in [0.1, 0.15) is 6.92 Å². The molecule has 0 aromatic heterocycles. The highest BCUT2D eigenvalue weighted by molar-refractivity contribution is 6.30. The number of rotatable bonds is 6. The standard InChI is InChI=1S/C19H21ClN2O3/c1-13(23)21-19(25-18-7-3-15(20)4-8-18)14-11-22(12-14)16-5-9-17(24-2)10-6-16/h3-10,14,19H,11-12H2,1-2H3,(H,21,23). The Balaban J connectivity index is 1.62. The molecule has 3 rings (SSSR count). The van der Waals surface area contributed by atoms with Crippen LogP contribution in [0.15, 0.2) is 48.5 Å². The number of ether oxygens (including phenoxy) is 2. The highest BCUT2D eigenvalue weighted by Gasteiger charge is 2.35. The molecule has 5 nitrogen and oxygen atoms in total. The Hall–Kier alpha value is -2.40. The number of nitrogens with zero attached hydrogens (tertiary/aromatic N) is 1. The smallest absolute Gasteiger partial charge is 0.219 e. The van der Waals surface area contributed by atoms with Crippen molar-refractivity contribution < 1.29 is 14.3 Å². The lowest BCUT2D eigenvalue weighted by Crippen LogP contribution is -2.58. The second-order valence-corrected chi connectivity index (χ2v) is 6.49. The number of benzene rings is 2. The van der Waals surface area contributed by atoms with Crippen LogP contribution in [-0.4, -0.2) is 32.3 Å². The number of methoxy groups -OCH3 is 1. The van der Waals surface area contributed by atoms with Crippen LogP contribution in [-0.2, 0) is 4.79 Å². The zero-order chi connectivity index (χ0) is 17.8. The Morgan fingerprint density at radius 2 is 1.72 bits per heavy atom. The van der Waals surface area contributed by atoms with Crippen LogP contribution in [0.4, 0.5) is 5.69 Å². The van der Waals surface area contributed by atoms with Gasteiger partial charge in [-0.3, -0.25) is 4.79 Å². The molecule has 1 N–H and O–H groups in total. The van der Waals surface area contributed by atoms with E-state index in [0.717, 1.165) is 24.5 Å². The average molecular weight is 361 g/mol. The van der Waals surface area contributed by atoms with Gasteiger partial charge in [-0.05, 0) is 48.5 Å². The molecule has 0 spiro atoms. The molecule has 0 bridgehead atoms. The van der Waals surface area contributed by atoms with Crippen LogP contribution in [0, 0.1) is 5.92 Å². The molecule has 1 fully saturated rings. The van der Waals surface area contributed by atoms with Gasteiger partial charge < -0.3 is 19.7 Å². The van der Waals surface area contributed by atoms with E-state index in [9.17, 15) is 4.79 Å². The van der Waals surface area contributed by atoms with Crippen LogP contribution in [0.3, 0.4) is 0 Å². The number of anilines is 1. The highest BCUT2D eigenvalue weighted by atomic mass is 35.5. The molecule has 6 heteroatoms. The minimum atomic E-state index is -0.367. The van der Waals surface area contributed by atoms with Gasteiger partial charge in [0.2, 0.25) is 5.91 Å². The fourth-order valence-electron chi connectivity index (χ4n) is 2.81. The van der Waals surface area contributed by atoms with E-state index in [1.54, 1.807) is 31.4 Å². The molecule has 1 saturated heterocycles. The van der Waals surface area contributed by atoms with E-state index in [2.05, 4.69) is 10.2 Å². The van der Waals surface area contributed by atoms with E-state index >= 15 is 0 Å². The van der Waals surface area contributed by atoms with Gasteiger partial charge in [0.15, 0.2) is 6.23 Å². The second-order valence-electron chi connectivity index (χ2n) is 6.06. The van der Waals surface area contributed by atoms with Crippen molar-refractivity contribution in [3.05, 3.63) is 53.6 Å². The summed E-state index contributed by atoms with van der Waals surface area (Å²) in [6.07, 6.45) is -0.367. The van der Waals surface area contributed by atoms with Crippen molar-refractivity contribution >= 4 is 23.2 Å². The molecule has 25 heavy (non-hydrogen) atoms. The Bertz CT molecular complexity index is 712. The maximum absolute atomic E-state index is 11.5. The lowest BCUT2D eigenvalue weighted by Gasteiger charge is -2.44. The molecular formula is C19H21ClN2O3. The van der Waals surface area contributed by atoms with Gasteiger partial charge in [0.25, 0.3) is 0 Å². The first-order valence-corrected chi connectivity index (χ1v) is 8.51. The van der Waals surface area contributed by atoms with Crippen molar-refractivity contribution in [2.75, 3.05) is 25.1 Å². The monoisotopic (exact) mass is 360 g/mol. The zero-order valence-corrected chi connectivity index (χ0v) is 15.0. The molecule has 1 aliphatic heterocycles. The number of halogens is 1. The van der Waals surface area contributed by atoms with Crippen LogP contribution in [0.25, 0.3) is 0 Å². The normalized spacial score (nSPS) is 15.2. The van der Waals surface area contributed by atoms with Crippen LogP contribution < -0.4 is 19.7 Å². The predicted molar refractivity (Wildman–Crippen MR) is 98.4 cm³/mol. The third-order valence-electron chi connectivity index (χ3n) is 4.20. The first kappa shape index (κ1) is 17.4. The van der Waals surface area contributed by atoms with Crippen molar-refractivity contribution in [1.82, 2.24) is 5.32 Å². The maximum Gasteiger partial charge on any atom is 0.219 e. The van der Waals surface area contributed by atoms with Gasteiger partial charge in [0.1, 0.15) is 11.5 Å². The Morgan fingerprint density at radius 1 is 1.12 bits per heavy atom. The van der Waals surface area contributed by atoms with Gasteiger partial charge in [-0.25, -0.2) is 0 Å². The van der Waals surface area contributed by atoms with Gasteiger partial charge in [-0.15, -0.1) is 0 Å². The lowest BCUT2D eigenvalue weighted by atomic mass is 9.96. The quantitative estimate of drug-likeness (QED) is 0.803. The predicted octanol–water partition coefficient (Wildman–Crippen LogP) is 3.33. The van der Waals surface area contributed by atoms with Gasteiger partial charge in [-0.1, -0.05) is 11.6 Å². The van der Waals surface area contributed by atoms with E-state index in [1.807, 2.05) is 24.3 Å². The number of carbonyl (C=O) groups excluding carboxylic acids is 1. The molecular weight excluding hydrogens is 340 g/mol. The van der Waals surface area contributed by atoms with Gasteiger partial charge in [0.05, 0.1) is 13.0 Å². The van der Waals surface area contributed by atoms with E-state index < -0.39 is 0 Å². The Morgan fingerprint density at radius 3 is 2.28 bits per heavy atom. The van der Waals surface area contributed by atoms with Crippen molar-refractivity contribution in [2.45, 2.75) is 13.2 Å². The maximum atomic E-state index is 11.5. The summed E-state index contributed by atoms with van der Waals surface area (Å²) in [5.41, 5.74) is 1.13. The summed E-state index contributed by atoms with van der Waals surface area (Å²) in [5, 5.41) is 3.55. The van der Waals surface area contributed by atoms with Crippen molar-refractivity contribution in [1.29, 1.82) is 0 Å². The molecule has 0 saturated carbocycles. The molecule has 2 aromatic rings. The molecule has 0 aliphatic carbocycles. The van der Waals surface area contributed by atoms with Gasteiger partial charge >= 0.3 is 0 Å². The summed E-state index contributed by atoms with van der Waals surface area (Å²) in [5.74, 6) is 1.62. The van der Waals surface area contributed by atoms with Crippen LogP contribution in [0.2, 0.25) is 5.02 Å². The molecule has 0 radical (unpaired) electrons. The number of nitrogens with one attached hydrogen (secondary N) is 1. The molecule has 1 amide bonds. The summed E-state index contributed by atoms with van der Waals surface area (Å²) >= 11 is 5.90. The fourth-order valence-corrected chi connectivity index (χ4v) is 2.94. The third-order valence-corrected chi connectivity index (χ3v) is 4.45. The number of hydrogen-bond acceptors (Lipinski definition) is 4. The Kier molecular flexibility index (Phi) is 5.34. The van der Waals surface area contributed by atoms with E-state index in [-0.39, 0.29) is 18.1 Å². The zero-order valence-electron chi connectivity index (χ0n) is 14.2. The number of amides is 1. The first-order valence-electron chi connectivity index (χ1n) is 8.13. The van der Waals surface area contributed by atoms with Crippen molar-refractivity contribution in [3.63, 3.8) is 0 Å². The molecule has 1 heterocycles. The largest absolute Gasteiger partial charge is 0.497 e. The van der Waals surface area contributed by atoms with Crippen LogP contribution in [0.5, 0.6) is 11.5 Å². The van der Waals surface area contributed by atoms with Crippen molar-refractivity contribution in [2.24, 2.45) is 5.92 Å². The number of hydrogen-bond donors (Lipinski definition) is 1. The Labute approximate surface area is 152 Å². The minimum absolute atomic E-state index is 0.109. The van der Waals surface area contributed by atoms with Crippen molar-refractivity contribution in [3.8, 4) is 11.5 Å². The highest BCUT2D eigenvalue weighted by Crippen LogP contribution is 2.29. The summed E-state index contributed by atoms with van der Waals surface area (Å²) in [4.78, 5) is 13.8. The summed E-state index contributed by atoms with van der Waals surface area (Å²) in [7, 11) is 1.65. The summed E-state index contributed by atoms with van der Waals surface area (Å²) < 4.78 is 11.2. The lowest BCUT2D eigenvalue weighted by molar-refractivity contribution is -0.122. The SMILES string of the molecule is COc1ccc(N2CC(C(NC(C)=O)Oc3ccc(Cl)cc3)C2)cc1. The first-order chi connectivity index (χ1) is 12.0. The fraction of sp³-hybridized carbons (Fsp3) is 0.316. The average Bonchev–Trinajstić information content (AvgIpc) is 2.55. The minimum Gasteiger partial charge on any atom is -0.497 e. The molecule has 1 aliphatic rings. The molecule has 1 unspecified atom stereocenters. The molecule has 132 valence electrons. The second kappa shape index (κ2) is 7.66. The summed E-state index contributed by atoms with van der Waals surface area (Å²) in [6.45, 7) is 3.12. The van der Waals surface area contributed by atoms with Gasteiger partial charge in [-0.2, -0.15) is 0 Å². The van der Waals surface area contributed by atoms with E-state index in [4.69, 9.17) is 21.1 Å². The van der Waals surface area contributed by atoms with E-state index in [1.165, 1.54) is 6.92 Å². The van der Waals surface area contributed by atoms with Crippen LogP contribution >= 0.6 is 11.6 Å². The molecule has 1 atom stereocenters. The number of carbonyl (C=O) groups is 1. The summed E-state index contributed by atoms with van der Waals surface area (Å²) in [6, 6.07) is 15.1. The van der Waals surface area contributed by atoms with Gasteiger partial charge in [0, 0.05) is 30.7 Å². The topological polar surface area (TPSA) is 50.8 Å².